The van der Waals surface area contributed by atoms with E-state index >= 15 is 0 Å². The van der Waals surface area contributed by atoms with Crippen molar-refractivity contribution in [2.24, 2.45) is 0 Å². The maximum absolute atomic E-state index is 4.18. The van der Waals surface area contributed by atoms with Crippen LogP contribution in [0.2, 0.25) is 0 Å². The van der Waals surface area contributed by atoms with Crippen LogP contribution in [0.1, 0.15) is 38.5 Å². The van der Waals surface area contributed by atoms with Crippen LogP contribution in [0.15, 0.2) is 0 Å². The molecule has 0 aromatic heterocycles. The van der Waals surface area contributed by atoms with Crippen molar-refractivity contribution in [1.82, 2.24) is 0 Å². The molecule has 84 valence electrons. The Hall–Kier alpha value is 1.75. The Labute approximate surface area is 132 Å². The van der Waals surface area contributed by atoms with Crippen LogP contribution >= 0.6 is 17.0 Å². The molecule has 0 amide bonds. The molecule has 0 radical (unpaired) electrons. The van der Waals surface area contributed by atoms with E-state index in [2.05, 4.69) is 10.6 Å². The van der Waals surface area contributed by atoms with Crippen LogP contribution in [-0.2, 0) is 0 Å². The minimum Gasteiger partial charge on any atom is -0.662 e. The molecule has 2 aliphatic rings. The maximum atomic E-state index is 4.18. The summed E-state index contributed by atoms with van der Waals surface area (Å²) in [6.07, 6.45) is 8.15. The molecule has 0 atom stereocenters. The van der Waals surface area contributed by atoms with Crippen molar-refractivity contribution < 1.29 is 40.8 Å². The van der Waals surface area contributed by atoms with Crippen molar-refractivity contribution in [3.8, 4) is 0 Å². The molecule has 0 aromatic rings. The van der Waals surface area contributed by atoms with Gasteiger partial charge in [-0.25, -0.2) is 0 Å². The van der Waals surface area contributed by atoms with Crippen LogP contribution in [0.3, 0.4) is 0 Å². The molecule has 0 aromatic carbocycles. The average Bonchev–Trinajstić information content (AvgIpc) is 2.24. The molecule has 0 spiro atoms. The van der Waals surface area contributed by atoms with Crippen molar-refractivity contribution in [2.75, 3.05) is 26.2 Å². The third kappa shape index (κ3) is 11.8. The first-order valence-corrected chi connectivity index (χ1v) is 5.26. The second-order valence-electron chi connectivity index (χ2n) is 3.46. The summed E-state index contributed by atoms with van der Waals surface area (Å²) in [7, 11) is 0. The van der Waals surface area contributed by atoms with Crippen LogP contribution in [-0.4, -0.2) is 26.2 Å². The number of hydrogen-bond acceptors (Lipinski definition) is 0. The fraction of sp³-hybridized carbons (Fsp3) is 1.00. The SMILES string of the molecule is Br.C1CC[N-]CC1.C1CC[N-]CC1.[Nd]. The van der Waals surface area contributed by atoms with Crippen molar-refractivity contribution in [3.05, 3.63) is 10.6 Å². The monoisotopic (exact) mass is 390 g/mol. The van der Waals surface area contributed by atoms with Gasteiger partial charge in [0.05, 0.1) is 0 Å². The summed E-state index contributed by atoms with van der Waals surface area (Å²) >= 11 is 0. The molecule has 2 nitrogen and oxygen atoms in total. The average molecular weight is 393 g/mol. The van der Waals surface area contributed by atoms with Gasteiger partial charge in [0.2, 0.25) is 0 Å². The van der Waals surface area contributed by atoms with Crippen LogP contribution < -0.4 is 0 Å². The van der Waals surface area contributed by atoms with E-state index in [0.717, 1.165) is 26.2 Å². The van der Waals surface area contributed by atoms with E-state index in [0.29, 0.717) is 0 Å². The molecule has 2 heterocycles. The van der Waals surface area contributed by atoms with Crippen molar-refractivity contribution in [3.63, 3.8) is 0 Å². The first kappa shape index (κ1) is 18.1. The summed E-state index contributed by atoms with van der Waals surface area (Å²) < 4.78 is 0. The summed E-state index contributed by atoms with van der Waals surface area (Å²) in [5.74, 6) is 0. The van der Waals surface area contributed by atoms with Crippen LogP contribution in [0.4, 0.5) is 0 Å². The Kier molecular flexibility index (Phi) is 19.1. The molecule has 0 saturated carbocycles. The van der Waals surface area contributed by atoms with Gasteiger partial charge in [-0.1, -0.05) is 38.5 Å². The third-order valence-corrected chi connectivity index (χ3v) is 2.26. The zero-order valence-corrected chi connectivity index (χ0v) is 13.8. The van der Waals surface area contributed by atoms with E-state index in [1.807, 2.05) is 0 Å². The van der Waals surface area contributed by atoms with Crippen LogP contribution in [0.5, 0.6) is 0 Å². The summed E-state index contributed by atoms with van der Waals surface area (Å²) in [5, 5.41) is 8.35. The van der Waals surface area contributed by atoms with Gasteiger partial charge in [-0.05, 0) is 0 Å². The zero-order chi connectivity index (χ0) is 8.49. The van der Waals surface area contributed by atoms with Gasteiger partial charge in [0.15, 0.2) is 0 Å². The fourth-order valence-corrected chi connectivity index (χ4v) is 1.47. The van der Waals surface area contributed by atoms with Gasteiger partial charge in [-0.3, -0.25) is 0 Å². The number of halogens is 1. The Morgan fingerprint density at radius 3 is 0.857 bits per heavy atom. The number of nitrogens with zero attached hydrogens (tertiary/aromatic N) is 2. The van der Waals surface area contributed by atoms with E-state index in [4.69, 9.17) is 0 Å². The second kappa shape index (κ2) is 14.8. The van der Waals surface area contributed by atoms with Gasteiger partial charge in [0.25, 0.3) is 0 Å². The number of piperidine rings is 2. The van der Waals surface area contributed by atoms with Crippen LogP contribution in [0, 0.1) is 40.8 Å². The summed E-state index contributed by atoms with van der Waals surface area (Å²) in [6, 6.07) is 0. The predicted molar refractivity (Wildman–Crippen MR) is 64.2 cm³/mol. The Balaban J connectivity index is 0. The van der Waals surface area contributed by atoms with E-state index in [1.165, 1.54) is 38.5 Å². The smallest absolute Gasteiger partial charge is 0 e. The Morgan fingerprint density at radius 1 is 0.500 bits per heavy atom. The first-order valence-electron chi connectivity index (χ1n) is 5.26. The van der Waals surface area contributed by atoms with Crippen LogP contribution in [0.25, 0.3) is 10.6 Å². The van der Waals surface area contributed by atoms with E-state index < -0.39 is 0 Å². The molecule has 0 aliphatic carbocycles. The molecule has 0 unspecified atom stereocenters. The largest absolute Gasteiger partial charge is 0.662 e. The Morgan fingerprint density at radius 2 is 0.786 bits per heavy atom. The molecule has 0 N–H and O–H groups in total. The molecule has 2 fully saturated rings. The van der Waals surface area contributed by atoms with Crippen molar-refractivity contribution in [1.29, 1.82) is 0 Å². The Bertz CT molecular complexity index is 61.1. The van der Waals surface area contributed by atoms with Crippen molar-refractivity contribution >= 4 is 17.0 Å². The van der Waals surface area contributed by atoms with Gasteiger partial charge in [-0.2, -0.15) is 0 Å². The van der Waals surface area contributed by atoms with E-state index in [1.54, 1.807) is 0 Å². The summed E-state index contributed by atoms with van der Waals surface area (Å²) in [5.41, 5.74) is 0. The van der Waals surface area contributed by atoms with Gasteiger partial charge in [0, 0.05) is 40.8 Å². The van der Waals surface area contributed by atoms with Gasteiger partial charge in [-0.15, -0.1) is 43.2 Å². The molecule has 4 heteroatoms. The quantitative estimate of drug-likeness (QED) is 0.601. The minimum atomic E-state index is 0. The second-order valence-corrected chi connectivity index (χ2v) is 3.46. The molecule has 2 rings (SSSR count). The molecule has 2 saturated heterocycles. The third-order valence-electron chi connectivity index (χ3n) is 2.26. The predicted octanol–water partition coefficient (Wildman–Crippen LogP) is 3.67. The van der Waals surface area contributed by atoms with Gasteiger partial charge in [0.1, 0.15) is 0 Å². The summed E-state index contributed by atoms with van der Waals surface area (Å²) in [6.45, 7) is 4.50. The van der Waals surface area contributed by atoms with E-state index in [-0.39, 0.29) is 57.8 Å². The first-order chi connectivity index (χ1) is 6.00. The number of rotatable bonds is 0. The summed E-state index contributed by atoms with van der Waals surface area (Å²) in [4.78, 5) is 0. The standard InChI is InChI=1S/2C5H10N.BrH.Nd/c2*1-2-4-6-5-3-1;;/h2*1-5H2;1H;/q2*-1;;. The zero-order valence-electron chi connectivity index (χ0n) is 8.87. The molecule has 14 heavy (non-hydrogen) atoms. The van der Waals surface area contributed by atoms with Gasteiger partial charge < -0.3 is 10.6 Å². The molecule has 2 aliphatic heterocycles. The van der Waals surface area contributed by atoms with Gasteiger partial charge >= 0.3 is 0 Å². The normalized spacial score (nSPS) is 20.6. The molecular formula is C10H21BrN2Nd-2. The molecular weight excluding hydrogens is 372 g/mol. The minimum absolute atomic E-state index is 0. The topological polar surface area (TPSA) is 28.2 Å². The number of hydrogen-bond donors (Lipinski definition) is 0. The van der Waals surface area contributed by atoms with Crippen molar-refractivity contribution in [2.45, 2.75) is 38.5 Å². The fourth-order valence-electron chi connectivity index (χ4n) is 1.47. The van der Waals surface area contributed by atoms with E-state index in [9.17, 15) is 0 Å². The maximum Gasteiger partial charge on any atom is 0 e. The molecule has 0 bridgehead atoms.